The maximum Gasteiger partial charge on any atom is 0.261 e. The molecule has 1 aromatic heterocycles. The van der Waals surface area contributed by atoms with Gasteiger partial charge in [-0.1, -0.05) is 37.1 Å². The molecule has 4 rings (SSSR count). The fourth-order valence-corrected chi connectivity index (χ4v) is 4.53. The number of benzene rings is 3. The van der Waals surface area contributed by atoms with E-state index in [1.54, 1.807) is 12.1 Å². The lowest BCUT2D eigenvalue weighted by molar-refractivity contribution is 0.101. The van der Waals surface area contributed by atoms with E-state index in [4.69, 9.17) is 11.6 Å². The smallest absolute Gasteiger partial charge is 0.261 e. The van der Waals surface area contributed by atoms with E-state index in [0.29, 0.717) is 23.4 Å². The lowest BCUT2D eigenvalue weighted by atomic mass is 10.1. The van der Waals surface area contributed by atoms with Crippen molar-refractivity contribution in [2.75, 3.05) is 17.2 Å². The van der Waals surface area contributed by atoms with Gasteiger partial charge in [0, 0.05) is 17.1 Å². The van der Waals surface area contributed by atoms with Crippen LogP contribution >= 0.6 is 22.9 Å². The number of rotatable bonds is 7. The number of nitrogens with zero attached hydrogens (tertiary/aromatic N) is 1. The summed E-state index contributed by atoms with van der Waals surface area (Å²) in [6.45, 7) is 1.96. The molecule has 0 bridgehead atoms. The van der Waals surface area contributed by atoms with Gasteiger partial charge in [-0.05, 0) is 36.8 Å². The summed E-state index contributed by atoms with van der Waals surface area (Å²) in [4.78, 5) is 17.3. The van der Waals surface area contributed by atoms with Crippen molar-refractivity contribution in [3.05, 3.63) is 76.3 Å². The van der Waals surface area contributed by atoms with Gasteiger partial charge in [-0.2, -0.15) is 0 Å². The fourth-order valence-electron chi connectivity index (χ4n) is 3.36. The molecule has 34 heavy (non-hydrogen) atoms. The Hall–Kier alpha value is -3.17. The molecule has 0 saturated heterocycles. The maximum atomic E-state index is 14.7. The summed E-state index contributed by atoms with van der Waals surface area (Å²) in [5, 5.41) is 5.42. The molecular formula is C24H18ClF4N3OS. The van der Waals surface area contributed by atoms with Gasteiger partial charge in [-0.3, -0.25) is 4.79 Å². The van der Waals surface area contributed by atoms with Crippen LogP contribution in [0.25, 0.3) is 20.8 Å². The first-order valence-electron chi connectivity index (χ1n) is 10.4. The Kier molecular flexibility index (Phi) is 7.04. The van der Waals surface area contributed by atoms with E-state index in [2.05, 4.69) is 15.6 Å². The van der Waals surface area contributed by atoms with E-state index in [0.717, 1.165) is 10.2 Å². The molecule has 2 N–H and O–H groups in total. The second kappa shape index (κ2) is 9.99. The first kappa shape index (κ1) is 24.0. The van der Waals surface area contributed by atoms with Crippen LogP contribution in [0.4, 0.5) is 28.9 Å². The Morgan fingerprint density at radius 2 is 1.74 bits per heavy atom. The highest BCUT2D eigenvalue weighted by molar-refractivity contribution is 7.21. The van der Waals surface area contributed by atoms with Gasteiger partial charge in [0.05, 0.1) is 15.9 Å². The standard InChI is InChI=1S/C24H18ClF4N3OS/c1-2-3-10-30-22-20(28)18(26)17(19(27)21(22)29)23(33)31-15-11-12(25)8-9-13(15)24-32-14-6-4-5-7-16(14)34-24/h4-9,11,30H,2-3,10H2,1H3,(H,31,33). The average molecular weight is 508 g/mol. The second-order valence-electron chi connectivity index (χ2n) is 7.42. The number of carbonyl (C=O) groups is 1. The van der Waals surface area contributed by atoms with E-state index in [9.17, 15) is 22.4 Å². The molecule has 3 aromatic carbocycles. The van der Waals surface area contributed by atoms with Crippen LogP contribution in [0.15, 0.2) is 42.5 Å². The third-order valence-electron chi connectivity index (χ3n) is 5.08. The molecule has 0 radical (unpaired) electrons. The molecule has 1 amide bonds. The molecule has 0 atom stereocenters. The normalized spacial score (nSPS) is 11.1. The Morgan fingerprint density at radius 1 is 1.03 bits per heavy atom. The van der Waals surface area contributed by atoms with Crippen LogP contribution in [0.2, 0.25) is 5.02 Å². The SMILES string of the molecule is CCCCNc1c(F)c(F)c(C(=O)Nc2cc(Cl)ccc2-c2nc3ccccc3s2)c(F)c1F. The number of anilines is 2. The van der Waals surface area contributed by atoms with Crippen molar-refractivity contribution < 1.29 is 22.4 Å². The largest absolute Gasteiger partial charge is 0.380 e. The van der Waals surface area contributed by atoms with Crippen LogP contribution in [-0.4, -0.2) is 17.4 Å². The highest BCUT2D eigenvalue weighted by Crippen LogP contribution is 2.37. The van der Waals surface area contributed by atoms with Crippen LogP contribution in [0.3, 0.4) is 0 Å². The van der Waals surface area contributed by atoms with Gasteiger partial charge in [0.2, 0.25) is 0 Å². The average Bonchev–Trinajstić information content (AvgIpc) is 3.24. The molecule has 10 heteroatoms. The quantitative estimate of drug-likeness (QED) is 0.153. The van der Waals surface area contributed by atoms with Crippen molar-refractivity contribution in [3.63, 3.8) is 0 Å². The molecular weight excluding hydrogens is 490 g/mol. The molecule has 0 fully saturated rings. The molecule has 176 valence electrons. The number of nitrogens with one attached hydrogen (secondary N) is 2. The predicted octanol–water partition coefficient (Wildman–Crippen LogP) is 7.64. The number of unbranched alkanes of at least 4 members (excludes halogenated alkanes) is 1. The summed E-state index contributed by atoms with van der Waals surface area (Å²) in [6.07, 6.45) is 1.24. The summed E-state index contributed by atoms with van der Waals surface area (Å²) in [5.41, 5.74) is -1.08. The van der Waals surface area contributed by atoms with Crippen LogP contribution in [0.1, 0.15) is 30.1 Å². The van der Waals surface area contributed by atoms with Gasteiger partial charge in [-0.15, -0.1) is 11.3 Å². The highest BCUT2D eigenvalue weighted by Gasteiger charge is 2.30. The molecule has 1 heterocycles. The van der Waals surface area contributed by atoms with Crippen LogP contribution in [-0.2, 0) is 0 Å². The Bertz CT molecular complexity index is 1330. The third-order valence-corrected chi connectivity index (χ3v) is 6.38. The molecule has 4 aromatic rings. The topological polar surface area (TPSA) is 54.0 Å². The maximum absolute atomic E-state index is 14.7. The number of hydrogen-bond donors (Lipinski definition) is 2. The van der Waals surface area contributed by atoms with E-state index in [1.807, 2.05) is 31.2 Å². The summed E-state index contributed by atoms with van der Waals surface area (Å²) >= 11 is 7.40. The summed E-state index contributed by atoms with van der Waals surface area (Å²) < 4.78 is 59.3. The van der Waals surface area contributed by atoms with Crippen molar-refractivity contribution >= 4 is 50.4 Å². The zero-order chi connectivity index (χ0) is 24.4. The Balaban J connectivity index is 1.72. The van der Waals surface area contributed by atoms with Gasteiger partial charge in [0.25, 0.3) is 5.91 Å². The van der Waals surface area contributed by atoms with Gasteiger partial charge in [-0.25, -0.2) is 22.5 Å². The number of para-hydroxylation sites is 1. The van der Waals surface area contributed by atoms with E-state index in [1.165, 1.54) is 17.4 Å². The van der Waals surface area contributed by atoms with E-state index in [-0.39, 0.29) is 17.3 Å². The number of halogens is 5. The first-order valence-corrected chi connectivity index (χ1v) is 11.6. The summed E-state index contributed by atoms with van der Waals surface area (Å²) in [5.74, 6) is -8.29. The molecule has 0 spiro atoms. The van der Waals surface area contributed by atoms with Gasteiger partial charge < -0.3 is 10.6 Å². The monoisotopic (exact) mass is 507 g/mol. The number of aromatic nitrogens is 1. The lowest BCUT2D eigenvalue weighted by Gasteiger charge is -2.14. The van der Waals surface area contributed by atoms with Crippen molar-refractivity contribution in [2.45, 2.75) is 19.8 Å². The number of carbonyl (C=O) groups excluding carboxylic acids is 1. The molecule has 4 nitrogen and oxygen atoms in total. The highest BCUT2D eigenvalue weighted by atomic mass is 35.5. The summed E-state index contributed by atoms with van der Waals surface area (Å²) in [7, 11) is 0. The number of fused-ring (bicyclic) bond motifs is 1. The van der Waals surface area contributed by atoms with Gasteiger partial charge in [0.15, 0.2) is 23.3 Å². The minimum Gasteiger partial charge on any atom is -0.380 e. The van der Waals surface area contributed by atoms with Crippen molar-refractivity contribution in [1.29, 1.82) is 0 Å². The predicted molar refractivity (Wildman–Crippen MR) is 128 cm³/mol. The van der Waals surface area contributed by atoms with Gasteiger partial charge in [0.1, 0.15) is 16.3 Å². The molecule has 0 aliphatic rings. The minimum absolute atomic E-state index is 0.0846. The molecule has 0 aliphatic heterocycles. The number of amides is 1. The Morgan fingerprint density at radius 3 is 2.41 bits per heavy atom. The zero-order valence-corrected chi connectivity index (χ0v) is 19.4. The van der Waals surface area contributed by atoms with Gasteiger partial charge >= 0.3 is 0 Å². The first-order chi connectivity index (χ1) is 16.3. The van der Waals surface area contributed by atoms with Crippen LogP contribution < -0.4 is 10.6 Å². The second-order valence-corrected chi connectivity index (χ2v) is 8.88. The third kappa shape index (κ3) is 4.58. The van der Waals surface area contributed by atoms with Crippen LogP contribution in [0, 0.1) is 23.3 Å². The minimum atomic E-state index is -1.79. The van der Waals surface area contributed by atoms with Crippen molar-refractivity contribution in [1.82, 2.24) is 4.98 Å². The number of thiazole rings is 1. The summed E-state index contributed by atoms with van der Waals surface area (Å²) in [6, 6.07) is 11.9. The number of hydrogen-bond acceptors (Lipinski definition) is 4. The molecule has 0 unspecified atom stereocenters. The lowest BCUT2D eigenvalue weighted by Crippen LogP contribution is -2.20. The van der Waals surface area contributed by atoms with E-state index < -0.39 is 40.4 Å². The Labute approximate surface area is 201 Å². The van der Waals surface area contributed by atoms with Crippen molar-refractivity contribution in [3.8, 4) is 10.6 Å². The zero-order valence-electron chi connectivity index (χ0n) is 17.8. The van der Waals surface area contributed by atoms with E-state index >= 15 is 0 Å². The molecule has 0 aliphatic carbocycles. The van der Waals surface area contributed by atoms with Crippen molar-refractivity contribution in [2.24, 2.45) is 0 Å². The fraction of sp³-hybridized carbons (Fsp3) is 0.167. The van der Waals surface area contributed by atoms with Crippen LogP contribution in [0.5, 0.6) is 0 Å². The molecule has 0 saturated carbocycles.